The monoisotopic (exact) mass is 374 g/mol. The van der Waals surface area contributed by atoms with E-state index in [0.29, 0.717) is 12.5 Å². The Morgan fingerprint density at radius 3 is 2.61 bits per heavy atom. The van der Waals surface area contributed by atoms with Gasteiger partial charge in [-0.15, -0.1) is 11.3 Å². The van der Waals surface area contributed by atoms with Gasteiger partial charge in [-0.2, -0.15) is 0 Å². The van der Waals surface area contributed by atoms with Crippen LogP contribution in [0.3, 0.4) is 0 Å². The molecule has 0 spiro atoms. The zero-order chi connectivity index (χ0) is 16.2. The molecule has 0 aromatic carbocycles. The Labute approximate surface area is 152 Å². The second-order valence-corrected chi connectivity index (χ2v) is 9.00. The van der Waals surface area contributed by atoms with Crippen LogP contribution < -0.4 is 5.32 Å². The van der Waals surface area contributed by atoms with E-state index in [1.807, 2.05) is 11.0 Å². The summed E-state index contributed by atoms with van der Waals surface area (Å²) in [6.07, 6.45) is 7.23. The zero-order valence-electron chi connectivity index (χ0n) is 13.3. The third kappa shape index (κ3) is 5.35. The normalized spacial score (nSPS) is 19.3. The van der Waals surface area contributed by atoms with E-state index in [-0.39, 0.29) is 5.91 Å². The number of hydrogen-bond acceptors (Lipinski definition) is 3. The van der Waals surface area contributed by atoms with E-state index in [4.69, 9.17) is 23.2 Å². The summed E-state index contributed by atoms with van der Waals surface area (Å²) in [6.45, 7) is 2.96. The molecule has 1 amide bonds. The molecule has 0 bridgehead atoms. The molecular weight excluding hydrogens is 351 g/mol. The lowest BCUT2D eigenvalue weighted by molar-refractivity contribution is -0.132. The molecule has 2 aliphatic rings. The number of nitrogens with one attached hydrogen (secondary N) is 1. The molecule has 1 aromatic heterocycles. The van der Waals surface area contributed by atoms with Gasteiger partial charge in [0.05, 0.1) is 8.67 Å². The molecule has 3 nitrogen and oxygen atoms in total. The van der Waals surface area contributed by atoms with Crippen LogP contribution in [0.5, 0.6) is 0 Å². The minimum Gasteiger partial charge on any atom is -0.343 e. The number of nitrogens with zero attached hydrogens (tertiary/aromatic N) is 1. The van der Waals surface area contributed by atoms with Crippen LogP contribution in [0.4, 0.5) is 0 Å². The lowest BCUT2D eigenvalue weighted by Gasteiger charge is -2.32. The SMILES string of the molecule is O=C(CCCc1cc(Cl)sc1Cl)N1CCC(NCC2CC2)CC1. The summed E-state index contributed by atoms with van der Waals surface area (Å²) < 4.78 is 1.47. The second-order valence-electron chi connectivity index (χ2n) is 6.71. The van der Waals surface area contributed by atoms with Gasteiger partial charge in [0.2, 0.25) is 5.91 Å². The van der Waals surface area contributed by atoms with Crippen molar-refractivity contribution in [2.24, 2.45) is 5.92 Å². The van der Waals surface area contributed by atoms with Crippen molar-refractivity contribution in [1.82, 2.24) is 10.2 Å². The third-order valence-electron chi connectivity index (χ3n) is 4.80. The molecule has 1 saturated heterocycles. The van der Waals surface area contributed by atoms with E-state index in [1.54, 1.807) is 0 Å². The van der Waals surface area contributed by atoms with Crippen LogP contribution in [0.15, 0.2) is 6.07 Å². The summed E-state index contributed by atoms with van der Waals surface area (Å²) in [4.78, 5) is 14.3. The van der Waals surface area contributed by atoms with E-state index >= 15 is 0 Å². The van der Waals surface area contributed by atoms with Crippen molar-refractivity contribution in [1.29, 1.82) is 0 Å². The van der Waals surface area contributed by atoms with Crippen LogP contribution >= 0.6 is 34.5 Å². The molecule has 128 valence electrons. The number of thiophene rings is 1. The van der Waals surface area contributed by atoms with Crippen molar-refractivity contribution >= 4 is 40.4 Å². The van der Waals surface area contributed by atoms with Gasteiger partial charge >= 0.3 is 0 Å². The number of halogens is 2. The van der Waals surface area contributed by atoms with Crippen molar-refractivity contribution in [3.63, 3.8) is 0 Å². The number of aryl methyl sites for hydroxylation is 1. The molecule has 6 heteroatoms. The fraction of sp³-hybridized carbons (Fsp3) is 0.706. The highest BCUT2D eigenvalue weighted by molar-refractivity contribution is 7.20. The summed E-state index contributed by atoms with van der Waals surface area (Å²) in [5, 5.41) is 3.65. The summed E-state index contributed by atoms with van der Waals surface area (Å²) in [6, 6.07) is 2.52. The van der Waals surface area contributed by atoms with Crippen LogP contribution in [-0.2, 0) is 11.2 Å². The molecule has 1 saturated carbocycles. The van der Waals surface area contributed by atoms with Crippen LogP contribution in [0.25, 0.3) is 0 Å². The minimum absolute atomic E-state index is 0.281. The van der Waals surface area contributed by atoms with E-state index in [1.165, 1.54) is 30.7 Å². The lowest BCUT2D eigenvalue weighted by atomic mass is 10.0. The van der Waals surface area contributed by atoms with Gasteiger partial charge in [0.15, 0.2) is 0 Å². The summed E-state index contributed by atoms with van der Waals surface area (Å²) in [7, 11) is 0. The van der Waals surface area contributed by atoms with E-state index in [2.05, 4.69) is 5.32 Å². The molecule has 1 N–H and O–H groups in total. The van der Waals surface area contributed by atoms with Gasteiger partial charge in [-0.3, -0.25) is 4.79 Å². The first-order valence-corrected chi connectivity index (χ1v) is 10.1. The molecular formula is C17H24Cl2N2OS. The highest BCUT2D eigenvalue weighted by Crippen LogP contribution is 2.32. The first-order valence-electron chi connectivity index (χ1n) is 8.56. The Bertz CT molecular complexity index is 537. The molecule has 1 aliphatic heterocycles. The molecule has 0 unspecified atom stereocenters. The largest absolute Gasteiger partial charge is 0.343 e. The quantitative estimate of drug-likeness (QED) is 0.768. The highest BCUT2D eigenvalue weighted by Gasteiger charge is 2.25. The van der Waals surface area contributed by atoms with Crippen molar-refractivity contribution in [3.8, 4) is 0 Å². The first-order chi connectivity index (χ1) is 11.1. The summed E-state index contributed by atoms with van der Waals surface area (Å²) >= 11 is 13.5. The topological polar surface area (TPSA) is 32.3 Å². The van der Waals surface area contributed by atoms with Crippen molar-refractivity contribution in [3.05, 3.63) is 20.3 Å². The van der Waals surface area contributed by atoms with Crippen molar-refractivity contribution < 1.29 is 4.79 Å². The predicted molar refractivity (Wildman–Crippen MR) is 97.6 cm³/mol. The Kier molecular flexibility index (Phi) is 6.25. The number of piperidine rings is 1. The van der Waals surface area contributed by atoms with Crippen LogP contribution in [0, 0.1) is 5.92 Å². The Balaban J connectivity index is 1.33. The van der Waals surface area contributed by atoms with Crippen LogP contribution in [0.2, 0.25) is 8.67 Å². The first kappa shape index (κ1) is 17.5. The maximum Gasteiger partial charge on any atom is 0.222 e. The molecule has 0 radical (unpaired) electrons. The maximum atomic E-state index is 12.3. The number of likely N-dealkylation sites (tertiary alicyclic amines) is 1. The molecule has 1 aromatic rings. The second kappa shape index (κ2) is 8.19. The Hall–Kier alpha value is -0.290. The summed E-state index contributed by atoms with van der Waals surface area (Å²) in [5.41, 5.74) is 1.07. The van der Waals surface area contributed by atoms with Crippen LogP contribution in [-0.4, -0.2) is 36.5 Å². The Morgan fingerprint density at radius 1 is 1.26 bits per heavy atom. The number of rotatable bonds is 7. The highest BCUT2D eigenvalue weighted by atomic mass is 35.5. The zero-order valence-corrected chi connectivity index (χ0v) is 15.7. The van der Waals surface area contributed by atoms with Crippen LogP contribution in [0.1, 0.15) is 44.1 Å². The van der Waals surface area contributed by atoms with Gasteiger partial charge in [-0.05, 0) is 62.6 Å². The standard InChI is InChI=1S/C17H24Cl2N2OS/c18-15-10-13(17(19)23-15)2-1-3-16(22)21-8-6-14(7-9-21)20-11-12-4-5-12/h10,12,14,20H,1-9,11H2. The fourth-order valence-corrected chi connectivity index (χ4v) is 4.67. The molecule has 2 fully saturated rings. The van der Waals surface area contributed by atoms with Crippen molar-refractivity contribution in [2.45, 2.75) is 51.0 Å². The number of carbonyl (C=O) groups excluding carboxylic acids is 1. The number of amides is 1. The maximum absolute atomic E-state index is 12.3. The lowest BCUT2D eigenvalue weighted by Crippen LogP contribution is -2.45. The smallest absolute Gasteiger partial charge is 0.222 e. The van der Waals surface area contributed by atoms with E-state index < -0.39 is 0 Å². The van der Waals surface area contributed by atoms with E-state index in [9.17, 15) is 4.79 Å². The third-order valence-corrected chi connectivity index (χ3v) is 6.37. The van der Waals surface area contributed by atoms with Gasteiger partial charge in [0.1, 0.15) is 0 Å². The average molecular weight is 375 g/mol. The predicted octanol–water partition coefficient (Wildman–Crippen LogP) is 4.37. The molecule has 23 heavy (non-hydrogen) atoms. The fourth-order valence-electron chi connectivity index (χ4n) is 3.12. The molecule has 2 heterocycles. The minimum atomic E-state index is 0.281. The molecule has 1 aliphatic carbocycles. The van der Waals surface area contributed by atoms with Gasteiger partial charge in [0, 0.05) is 25.6 Å². The Morgan fingerprint density at radius 2 is 2.00 bits per heavy atom. The van der Waals surface area contributed by atoms with Gasteiger partial charge in [0.25, 0.3) is 0 Å². The molecule has 0 atom stereocenters. The van der Waals surface area contributed by atoms with Gasteiger partial charge in [-0.25, -0.2) is 0 Å². The summed E-state index contributed by atoms with van der Waals surface area (Å²) in [5.74, 6) is 1.20. The van der Waals surface area contributed by atoms with E-state index in [0.717, 1.165) is 58.9 Å². The number of hydrogen-bond donors (Lipinski definition) is 1. The van der Waals surface area contributed by atoms with Gasteiger partial charge in [-0.1, -0.05) is 23.2 Å². The average Bonchev–Trinajstić information content (AvgIpc) is 3.31. The number of carbonyl (C=O) groups is 1. The molecule has 3 rings (SSSR count). The van der Waals surface area contributed by atoms with Gasteiger partial charge < -0.3 is 10.2 Å². The van der Waals surface area contributed by atoms with Crippen molar-refractivity contribution in [2.75, 3.05) is 19.6 Å².